The predicted molar refractivity (Wildman–Crippen MR) is 141 cm³/mol. The number of ether oxygens (including phenoxy) is 1. The summed E-state index contributed by atoms with van der Waals surface area (Å²) in [6.45, 7) is 3.89. The molecule has 0 fully saturated rings. The third kappa shape index (κ3) is 4.50. The van der Waals surface area contributed by atoms with Crippen LogP contribution in [0.4, 0.5) is 0 Å². The van der Waals surface area contributed by atoms with Crippen LogP contribution in [0.2, 0.25) is 0 Å². The van der Waals surface area contributed by atoms with Crippen molar-refractivity contribution in [1.82, 2.24) is 18.0 Å². The van der Waals surface area contributed by atoms with E-state index in [1.165, 1.54) is 10.4 Å². The van der Waals surface area contributed by atoms with Crippen LogP contribution in [0.1, 0.15) is 22.3 Å². The third-order valence-electron chi connectivity index (χ3n) is 6.12. The molecule has 0 bridgehead atoms. The Morgan fingerprint density at radius 3 is 2.53 bits per heavy atom. The van der Waals surface area contributed by atoms with Gasteiger partial charge in [0.05, 0.1) is 18.8 Å². The molecule has 8 nitrogen and oxygen atoms in total. The van der Waals surface area contributed by atoms with Crippen molar-refractivity contribution in [1.29, 1.82) is 0 Å². The maximum atomic E-state index is 14.0. The average Bonchev–Trinajstić information content (AvgIpc) is 3.33. The van der Waals surface area contributed by atoms with Gasteiger partial charge in [0.25, 0.3) is 5.56 Å². The molecule has 0 saturated carbocycles. The number of aromatic nitrogens is 3. The molecule has 0 aliphatic rings. The van der Waals surface area contributed by atoms with Crippen molar-refractivity contribution in [2.24, 2.45) is 0 Å². The lowest BCUT2D eigenvalue weighted by Gasteiger charge is -2.23. The first-order chi connectivity index (χ1) is 17.3. The zero-order valence-corrected chi connectivity index (χ0v) is 21.6. The Balaban J connectivity index is 1.62. The van der Waals surface area contributed by atoms with E-state index in [9.17, 15) is 13.2 Å². The second kappa shape index (κ2) is 9.45. The van der Waals surface area contributed by atoms with E-state index < -0.39 is 10.0 Å². The zero-order chi connectivity index (χ0) is 25.4. The van der Waals surface area contributed by atoms with Gasteiger partial charge in [-0.05, 0) is 66.9 Å². The molecule has 5 rings (SSSR count). The molecular formula is C26H24N4O4S2. The van der Waals surface area contributed by atoms with Crippen LogP contribution in [0.25, 0.3) is 21.9 Å². The molecule has 1 N–H and O–H groups in total. The van der Waals surface area contributed by atoms with E-state index in [-0.39, 0.29) is 23.5 Å². The maximum absolute atomic E-state index is 14.0. The Morgan fingerprint density at radius 2 is 1.78 bits per heavy atom. The highest BCUT2D eigenvalue weighted by Crippen LogP contribution is 2.28. The number of rotatable bonds is 7. The van der Waals surface area contributed by atoms with Crippen molar-refractivity contribution < 1.29 is 13.2 Å². The number of fused-ring (bicyclic) bond motifs is 2. The Bertz CT molecular complexity index is 1740. The van der Waals surface area contributed by atoms with Crippen molar-refractivity contribution in [2.75, 3.05) is 7.11 Å². The van der Waals surface area contributed by atoms with Crippen molar-refractivity contribution in [3.8, 4) is 5.75 Å². The number of hydrogen-bond donors (Lipinski definition) is 1. The summed E-state index contributed by atoms with van der Waals surface area (Å²) in [6.07, 6.45) is 0. The minimum Gasteiger partial charge on any atom is -0.497 e. The summed E-state index contributed by atoms with van der Waals surface area (Å²) < 4.78 is 42.9. The van der Waals surface area contributed by atoms with E-state index >= 15 is 0 Å². The fraction of sp³-hybridized carbons (Fsp3) is 0.192. The van der Waals surface area contributed by atoms with Crippen LogP contribution >= 0.6 is 11.7 Å². The van der Waals surface area contributed by atoms with Crippen molar-refractivity contribution in [3.05, 3.63) is 93.3 Å². The Morgan fingerprint density at radius 1 is 1.00 bits per heavy atom. The molecule has 0 radical (unpaired) electrons. The van der Waals surface area contributed by atoms with Gasteiger partial charge >= 0.3 is 0 Å². The minimum absolute atomic E-state index is 0.0602. The summed E-state index contributed by atoms with van der Waals surface area (Å²) in [5, 5.41) is 0.878. The number of pyridine rings is 1. The molecule has 3 aromatic carbocycles. The largest absolute Gasteiger partial charge is 0.497 e. The van der Waals surface area contributed by atoms with Gasteiger partial charge in [0.1, 0.15) is 21.7 Å². The first-order valence-corrected chi connectivity index (χ1v) is 13.4. The molecule has 0 atom stereocenters. The molecule has 184 valence electrons. The lowest BCUT2D eigenvalue weighted by atomic mass is 10.0. The number of nitrogens with one attached hydrogen (secondary N) is 1. The fourth-order valence-electron chi connectivity index (χ4n) is 4.31. The number of methoxy groups -OCH3 is 1. The van der Waals surface area contributed by atoms with E-state index in [0.29, 0.717) is 22.3 Å². The normalized spacial score (nSPS) is 12.0. The maximum Gasteiger partial charge on any atom is 0.252 e. The van der Waals surface area contributed by atoms with Crippen LogP contribution < -0.4 is 10.3 Å². The quantitative estimate of drug-likeness (QED) is 0.338. The summed E-state index contributed by atoms with van der Waals surface area (Å²) in [6, 6.07) is 17.8. The van der Waals surface area contributed by atoms with Gasteiger partial charge in [-0.1, -0.05) is 24.3 Å². The van der Waals surface area contributed by atoms with Gasteiger partial charge in [-0.25, -0.2) is 8.42 Å². The zero-order valence-electron chi connectivity index (χ0n) is 20.0. The lowest BCUT2D eigenvalue weighted by Crippen LogP contribution is -2.32. The Hall–Kier alpha value is -3.60. The number of nitrogens with zero attached hydrogens (tertiary/aromatic N) is 3. The van der Waals surface area contributed by atoms with E-state index in [0.717, 1.165) is 39.3 Å². The molecule has 0 amide bonds. The molecule has 0 aliphatic carbocycles. The van der Waals surface area contributed by atoms with Crippen molar-refractivity contribution in [3.63, 3.8) is 0 Å². The first kappa shape index (κ1) is 24.1. The number of H-pyrrole nitrogens is 1. The number of sulfonamides is 1. The first-order valence-electron chi connectivity index (χ1n) is 11.2. The number of hydrogen-bond acceptors (Lipinski definition) is 7. The molecule has 2 aromatic heterocycles. The minimum atomic E-state index is -4.04. The summed E-state index contributed by atoms with van der Waals surface area (Å²) >= 11 is 0.962. The second-order valence-electron chi connectivity index (χ2n) is 8.68. The highest BCUT2D eigenvalue weighted by Gasteiger charge is 2.29. The molecule has 36 heavy (non-hydrogen) atoms. The van der Waals surface area contributed by atoms with Crippen LogP contribution in [-0.2, 0) is 23.1 Å². The lowest BCUT2D eigenvalue weighted by molar-refractivity contribution is 0.398. The molecule has 0 unspecified atom stereocenters. The summed E-state index contributed by atoms with van der Waals surface area (Å²) in [7, 11) is -2.47. The third-order valence-corrected chi connectivity index (χ3v) is 8.49. The van der Waals surface area contributed by atoms with Gasteiger partial charge in [-0.3, -0.25) is 4.79 Å². The van der Waals surface area contributed by atoms with E-state index in [1.54, 1.807) is 37.4 Å². The monoisotopic (exact) mass is 520 g/mol. The van der Waals surface area contributed by atoms with Gasteiger partial charge in [0.2, 0.25) is 10.0 Å². The smallest absolute Gasteiger partial charge is 0.252 e. The summed E-state index contributed by atoms with van der Waals surface area (Å²) in [5.41, 5.74) is 4.39. The topological polar surface area (TPSA) is 105 Å². The molecule has 5 aromatic rings. The summed E-state index contributed by atoms with van der Waals surface area (Å²) in [4.78, 5) is 16.0. The SMILES string of the molecule is COc1ccc(CN(Cc2cc3c(C)cc(C)cc3[nH]c2=O)S(=O)(=O)c2cccc3nsnc23)cc1. The van der Waals surface area contributed by atoms with Crippen LogP contribution in [0.5, 0.6) is 5.75 Å². The fourth-order valence-corrected chi connectivity index (χ4v) is 6.47. The van der Waals surface area contributed by atoms with Gasteiger partial charge in [-0.15, -0.1) is 0 Å². The number of benzene rings is 3. The van der Waals surface area contributed by atoms with Crippen molar-refractivity contribution in [2.45, 2.75) is 31.8 Å². The van der Waals surface area contributed by atoms with Gasteiger partial charge < -0.3 is 9.72 Å². The molecule has 0 aliphatic heterocycles. The number of aryl methyl sites for hydroxylation is 2. The van der Waals surface area contributed by atoms with Crippen molar-refractivity contribution >= 4 is 43.7 Å². The van der Waals surface area contributed by atoms with Crippen LogP contribution in [0.3, 0.4) is 0 Å². The highest BCUT2D eigenvalue weighted by atomic mass is 32.2. The van der Waals surface area contributed by atoms with E-state index in [1.807, 2.05) is 38.1 Å². The van der Waals surface area contributed by atoms with Gasteiger partial charge in [0, 0.05) is 29.6 Å². The Kier molecular flexibility index (Phi) is 6.33. The Labute approximate surface area is 212 Å². The van der Waals surface area contributed by atoms with Gasteiger partial charge in [-0.2, -0.15) is 13.1 Å². The molecule has 0 saturated heterocycles. The molecule has 10 heteroatoms. The molecular weight excluding hydrogens is 496 g/mol. The highest BCUT2D eigenvalue weighted by molar-refractivity contribution is 7.89. The second-order valence-corrected chi connectivity index (χ2v) is 11.1. The molecule has 2 heterocycles. The van der Waals surface area contributed by atoms with Gasteiger partial charge in [0.15, 0.2) is 0 Å². The van der Waals surface area contributed by atoms with Crippen LogP contribution in [0, 0.1) is 13.8 Å². The van der Waals surface area contributed by atoms with E-state index in [2.05, 4.69) is 13.7 Å². The predicted octanol–water partition coefficient (Wildman–Crippen LogP) is 4.55. The molecule has 0 spiro atoms. The number of aromatic amines is 1. The standard InChI is InChI=1S/C26H24N4O4S2/c1-16-11-17(2)21-13-19(26(31)27-23(21)12-16)15-30(14-18-7-9-20(34-3)10-8-18)36(32,33)24-6-4-5-22-25(24)29-35-28-22/h4-13H,14-15H2,1-3H3,(H,27,31). The summed E-state index contributed by atoms with van der Waals surface area (Å²) in [5.74, 6) is 0.670. The van der Waals surface area contributed by atoms with E-state index in [4.69, 9.17) is 4.74 Å². The van der Waals surface area contributed by atoms with Crippen LogP contribution in [-0.4, -0.2) is 33.6 Å². The average molecular weight is 521 g/mol. The van der Waals surface area contributed by atoms with Crippen LogP contribution in [0.15, 0.2) is 70.4 Å².